The molecule has 0 radical (unpaired) electrons. The largest absolute Gasteiger partial charge is 0.456 e. The van der Waals surface area contributed by atoms with Gasteiger partial charge in [0.05, 0.1) is 5.56 Å². The van der Waals surface area contributed by atoms with E-state index in [4.69, 9.17) is 22.1 Å². The summed E-state index contributed by atoms with van der Waals surface area (Å²) in [4.78, 5) is 11.5. The van der Waals surface area contributed by atoms with Crippen LogP contribution in [0.5, 0.6) is 11.5 Å². The number of halogens is 2. The summed E-state index contributed by atoms with van der Waals surface area (Å²) in [6.45, 7) is 4.14. The molecule has 21 heavy (non-hydrogen) atoms. The van der Waals surface area contributed by atoms with Crippen LogP contribution in [0.15, 0.2) is 40.9 Å². The summed E-state index contributed by atoms with van der Waals surface area (Å²) in [7, 11) is 0. The summed E-state index contributed by atoms with van der Waals surface area (Å²) < 4.78 is 6.86. The molecular weight excluding hydrogens is 354 g/mol. The first-order chi connectivity index (χ1) is 9.88. The van der Waals surface area contributed by atoms with Crippen molar-refractivity contribution in [2.75, 3.05) is 0 Å². The van der Waals surface area contributed by atoms with Crippen molar-refractivity contribution in [1.82, 2.24) is 0 Å². The number of benzene rings is 2. The molecule has 0 aliphatic heterocycles. The third kappa shape index (κ3) is 3.77. The Bertz CT molecular complexity index is 686. The van der Waals surface area contributed by atoms with Crippen molar-refractivity contribution in [2.45, 2.75) is 19.8 Å². The average molecular weight is 369 g/mol. The number of hydrogen-bond donors (Lipinski definition) is 1. The Morgan fingerprint density at radius 2 is 1.90 bits per heavy atom. The fourth-order valence-electron chi connectivity index (χ4n) is 1.97. The molecule has 3 nitrogen and oxygen atoms in total. The van der Waals surface area contributed by atoms with E-state index in [-0.39, 0.29) is 5.92 Å². The predicted octanol–water partition coefficient (Wildman–Crippen LogP) is 5.12. The second kappa shape index (κ2) is 6.50. The van der Waals surface area contributed by atoms with Gasteiger partial charge in [-0.15, -0.1) is 0 Å². The number of hydrogen-bond acceptors (Lipinski definition) is 2. The molecule has 2 N–H and O–H groups in total. The first kappa shape index (κ1) is 15.9. The van der Waals surface area contributed by atoms with Crippen molar-refractivity contribution in [3.8, 4) is 11.5 Å². The zero-order chi connectivity index (χ0) is 15.6. The maximum Gasteiger partial charge on any atom is 0.252 e. The smallest absolute Gasteiger partial charge is 0.252 e. The van der Waals surface area contributed by atoms with E-state index >= 15 is 0 Å². The van der Waals surface area contributed by atoms with Crippen molar-refractivity contribution in [2.24, 2.45) is 5.73 Å². The fourth-order valence-corrected chi connectivity index (χ4v) is 2.51. The minimum Gasteiger partial charge on any atom is -0.456 e. The molecule has 5 heteroatoms. The number of ether oxygens (including phenoxy) is 1. The molecule has 1 amide bonds. The molecule has 0 aliphatic carbocycles. The Kier molecular flexibility index (Phi) is 4.91. The number of carbonyl (C=O) groups is 1. The lowest BCUT2D eigenvalue weighted by molar-refractivity contribution is 0.0998. The van der Waals surface area contributed by atoms with E-state index < -0.39 is 5.91 Å². The SMILES string of the molecule is CC(C)c1cc(Br)ccc1Oc1cc(Cl)ccc1C(N)=O. The molecule has 0 aromatic heterocycles. The summed E-state index contributed by atoms with van der Waals surface area (Å²) in [5.41, 5.74) is 6.70. The van der Waals surface area contributed by atoms with E-state index in [1.165, 1.54) is 0 Å². The van der Waals surface area contributed by atoms with Gasteiger partial charge in [0.1, 0.15) is 11.5 Å². The second-order valence-corrected chi connectivity index (χ2v) is 6.30. The van der Waals surface area contributed by atoms with Crippen LogP contribution in [0.3, 0.4) is 0 Å². The minimum atomic E-state index is -0.551. The number of primary amides is 1. The number of amides is 1. The Morgan fingerprint density at radius 1 is 1.19 bits per heavy atom. The Morgan fingerprint density at radius 3 is 2.52 bits per heavy atom. The maximum absolute atomic E-state index is 11.5. The van der Waals surface area contributed by atoms with Crippen LogP contribution in [0, 0.1) is 0 Å². The highest BCUT2D eigenvalue weighted by Gasteiger charge is 2.14. The van der Waals surface area contributed by atoms with Gasteiger partial charge in [0.2, 0.25) is 0 Å². The summed E-state index contributed by atoms with van der Waals surface area (Å²) in [6, 6.07) is 10.5. The van der Waals surface area contributed by atoms with E-state index in [0.717, 1.165) is 10.0 Å². The summed E-state index contributed by atoms with van der Waals surface area (Å²) in [6.07, 6.45) is 0. The van der Waals surface area contributed by atoms with Crippen LogP contribution >= 0.6 is 27.5 Å². The molecule has 0 aliphatic rings. The summed E-state index contributed by atoms with van der Waals surface area (Å²) in [5.74, 6) is 0.760. The molecule has 0 bridgehead atoms. The first-order valence-corrected chi connectivity index (χ1v) is 7.62. The first-order valence-electron chi connectivity index (χ1n) is 6.45. The van der Waals surface area contributed by atoms with Gasteiger partial charge in [-0.3, -0.25) is 4.79 Å². The lowest BCUT2D eigenvalue weighted by atomic mass is 10.0. The van der Waals surface area contributed by atoms with E-state index in [2.05, 4.69) is 29.8 Å². The molecule has 0 atom stereocenters. The van der Waals surface area contributed by atoms with Crippen molar-refractivity contribution < 1.29 is 9.53 Å². The van der Waals surface area contributed by atoms with Gasteiger partial charge in [-0.1, -0.05) is 41.4 Å². The molecule has 0 heterocycles. The number of rotatable bonds is 4. The van der Waals surface area contributed by atoms with Crippen molar-refractivity contribution >= 4 is 33.4 Å². The summed E-state index contributed by atoms with van der Waals surface area (Å²) >= 11 is 9.42. The van der Waals surface area contributed by atoms with Crippen LogP contribution in [-0.4, -0.2) is 5.91 Å². The highest BCUT2D eigenvalue weighted by Crippen LogP contribution is 2.35. The molecule has 110 valence electrons. The zero-order valence-electron chi connectivity index (χ0n) is 11.7. The monoisotopic (exact) mass is 367 g/mol. The van der Waals surface area contributed by atoms with Gasteiger partial charge >= 0.3 is 0 Å². The molecule has 2 aromatic carbocycles. The molecule has 0 fully saturated rings. The standard InChI is InChI=1S/C16H15BrClNO2/c1-9(2)13-7-10(17)3-6-14(13)21-15-8-11(18)4-5-12(15)16(19)20/h3-9H,1-2H3,(H2,19,20). The molecule has 2 rings (SSSR count). The minimum absolute atomic E-state index is 0.272. The fraction of sp³-hybridized carbons (Fsp3) is 0.188. The molecular formula is C16H15BrClNO2. The maximum atomic E-state index is 11.5. The third-order valence-electron chi connectivity index (χ3n) is 3.02. The van der Waals surface area contributed by atoms with Crippen LogP contribution in [0.2, 0.25) is 5.02 Å². The predicted molar refractivity (Wildman–Crippen MR) is 88.3 cm³/mol. The Hall–Kier alpha value is -1.52. The van der Waals surface area contributed by atoms with Crippen LogP contribution in [0.25, 0.3) is 0 Å². The molecule has 0 saturated carbocycles. The second-order valence-electron chi connectivity index (χ2n) is 4.94. The van der Waals surface area contributed by atoms with E-state index in [0.29, 0.717) is 22.1 Å². The van der Waals surface area contributed by atoms with Crippen molar-refractivity contribution in [1.29, 1.82) is 0 Å². The van der Waals surface area contributed by atoms with E-state index in [1.54, 1.807) is 18.2 Å². The van der Waals surface area contributed by atoms with Gasteiger partial charge in [0.25, 0.3) is 5.91 Å². The van der Waals surface area contributed by atoms with Crippen LogP contribution in [-0.2, 0) is 0 Å². The van der Waals surface area contributed by atoms with Gasteiger partial charge in [-0.25, -0.2) is 0 Å². The molecule has 0 unspecified atom stereocenters. The quantitative estimate of drug-likeness (QED) is 0.814. The van der Waals surface area contributed by atoms with Gasteiger partial charge in [0, 0.05) is 15.6 Å². The van der Waals surface area contributed by atoms with Crippen molar-refractivity contribution in [3.63, 3.8) is 0 Å². The number of nitrogens with two attached hydrogens (primary N) is 1. The third-order valence-corrected chi connectivity index (χ3v) is 3.75. The van der Waals surface area contributed by atoms with Crippen LogP contribution in [0.1, 0.15) is 35.7 Å². The lowest BCUT2D eigenvalue weighted by Crippen LogP contribution is -2.12. The Balaban J connectivity index is 2.47. The molecule has 0 spiro atoms. The lowest BCUT2D eigenvalue weighted by Gasteiger charge is -2.16. The molecule has 2 aromatic rings. The zero-order valence-corrected chi connectivity index (χ0v) is 14.0. The van der Waals surface area contributed by atoms with Gasteiger partial charge in [0.15, 0.2) is 0 Å². The van der Waals surface area contributed by atoms with Crippen LogP contribution < -0.4 is 10.5 Å². The topological polar surface area (TPSA) is 52.3 Å². The normalized spacial score (nSPS) is 10.7. The van der Waals surface area contributed by atoms with Gasteiger partial charge in [-0.05, 0) is 41.8 Å². The number of carbonyl (C=O) groups excluding carboxylic acids is 1. The van der Waals surface area contributed by atoms with E-state index in [1.807, 2.05) is 18.2 Å². The van der Waals surface area contributed by atoms with E-state index in [9.17, 15) is 4.79 Å². The van der Waals surface area contributed by atoms with Crippen LogP contribution in [0.4, 0.5) is 0 Å². The van der Waals surface area contributed by atoms with Gasteiger partial charge < -0.3 is 10.5 Å². The molecule has 0 saturated heterocycles. The average Bonchev–Trinajstić information content (AvgIpc) is 2.40. The highest BCUT2D eigenvalue weighted by atomic mass is 79.9. The highest BCUT2D eigenvalue weighted by molar-refractivity contribution is 9.10. The van der Waals surface area contributed by atoms with Crippen molar-refractivity contribution in [3.05, 3.63) is 57.0 Å². The Labute approximate surface area is 137 Å². The van der Waals surface area contributed by atoms with Gasteiger partial charge in [-0.2, -0.15) is 0 Å². The summed E-state index contributed by atoms with van der Waals surface area (Å²) in [5, 5.41) is 0.484.